The molecule has 0 spiro atoms. The van der Waals surface area contributed by atoms with Gasteiger partial charge in [0.2, 0.25) is 5.91 Å². The fourth-order valence-corrected chi connectivity index (χ4v) is 3.23. The number of aromatic nitrogens is 5. The molecule has 0 fully saturated rings. The SMILES string of the molecule is CCn1c(SCC(=O)Nc2ccc(C)c(C)c2)nnc1-c1cnccn1. The Kier molecular flexibility index (Phi) is 5.62. The lowest BCUT2D eigenvalue weighted by Crippen LogP contribution is -2.14. The molecule has 3 aromatic rings. The third-order valence-corrected chi connectivity index (χ3v) is 4.92. The summed E-state index contributed by atoms with van der Waals surface area (Å²) in [4.78, 5) is 20.6. The van der Waals surface area contributed by atoms with Crippen LogP contribution < -0.4 is 5.32 Å². The Bertz CT molecular complexity index is 909. The zero-order valence-corrected chi connectivity index (χ0v) is 15.7. The maximum Gasteiger partial charge on any atom is 0.234 e. The van der Waals surface area contributed by atoms with E-state index in [1.165, 1.54) is 17.3 Å². The minimum Gasteiger partial charge on any atom is -0.325 e. The van der Waals surface area contributed by atoms with Crippen molar-refractivity contribution in [2.45, 2.75) is 32.5 Å². The Labute approximate surface area is 156 Å². The molecule has 0 radical (unpaired) electrons. The Morgan fingerprint density at radius 2 is 2.04 bits per heavy atom. The van der Waals surface area contributed by atoms with Crippen molar-refractivity contribution >= 4 is 23.4 Å². The molecule has 1 N–H and O–H groups in total. The molecule has 0 saturated heterocycles. The number of benzene rings is 1. The second-order valence-corrected chi connectivity index (χ2v) is 6.72. The van der Waals surface area contributed by atoms with Crippen molar-refractivity contribution in [2.24, 2.45) is 0 Å². The number of hydrogen-bond donors (Lipinski definition) is 1. The first kappa shape index (κ1) is 18.1. The highest BCUT2D eigenvalue weighted by atomic mass is 32.2. The third-order valence-electron chi connectivity index (χ3n) is 3.95. The van der Waals surface area contributed by atoms with Crippen molar-refractivity contribution in [1.82, 2.24) is 24.7 Å². The van der Waals surface area contributed by atoms with E-state index in [0.29, 0.717) is 23.2 Å². The monoisotopic (exact) mass is 368 g/mol. The van der Waals surface area contributed by atoms with Crippen LogP contribution in [0.3, 0.4) is 0 Å². The predicted octanol–water partition coefficient (Wildman–Crippen LogP) is 3.10. The van der Waals surface area contributed by atoms with Crippen molar-refractivity contribution in [2.75, 3.05) is 11.1 Å². The number of nitrogens with one attached hydrogen (secondary N) is 1. The van der Waals surface area contributed by atoms with Crippen molar-refractivity contribution in [3.63, 3.8) is 0 Å². The zero-order valence-electron chi connectivity index (χ0n) is 14.9. The second-order valence-electron chi connectivity index (χ2n) is 5.78. The van der Waals surface area contributed by atoms with Gasteiger partial charge in [0.05, 0.1) is 11.9 Å². The number of rotatable bonds is 6. The third kappa shape index (κ3) is 4.08. The molecular weight excluding hydrogens is 348 g/mol. The normalized spacial score (nSPS) is 10.7. The van der Waals surface area contributed by atoms with Crippen LogP contribution in [0.5, 0.6) is 0 Å². The van der Waals surface area contributed by atoms with Crippen LogP contribution in [0.15, 0.2) is 41.9 Å². The van der Waals surface area contributed by atoms with E-state index in [1.54, 1.807) is 18.6 Å². The molecule has 2 heterocycles. The van der Waals surface area contributed by atoms with Crippen LogP contribution in [-0.4, -0.2) is 36.4 Å². The van der Waals surface area contributed by atoms with Crippen LogP contribution in [0.1, 0.15) is 18.1 Å². The summed E-state index contributed by atoms with van der Waals surface area (Å²) in [5, 5.41) is 12.0. The quantitative estimate of drug-likeness (QED) is 0.673. The van der Waals surface area contributed by atoms with Crippen molar-refractivity contribution in [3.05, 3.63) is 47.9 Å². The van der Waals surface area contributed by atoms with Crippen LogP contribution in [0.25, 0.3) is 11.5 Å². The van der Waals surface area contributed by atoms with Gasteiger partial charge in [0, 0.05) is 24.6 Å². The van der Waals surface area contributed by atoms with Gasteiger partial charge in [-0.2, -0.15) is 0 Å². The molecule has 2 aromatic heterocycles. The molecular formula is C18H20N6OS. The van der Waals surface area contributed by atoms with Gasteiger partial charge in [-0.1, -0.05) is 17.8 Å². The van der Waals surface area contributed by atoms with Gasteiger partial charge < -0.3 is 9.88 Å². The van der Waals surface area contributed by atoms with Gasteiger partial charge in [0.15, 0.2) is 11.0 Å². The van der Waals surface area contributed by atoms with Crippen molar-refractivity contribution < 1.29 is 4.79 Å². The summed E-state index contributed by atoms with van der Waals surface area (Å²) in [5.74, 6) is 0.827. The molecule has 0 aliphatic carbocycles. The maximum absolute atomic E-state index is 12.2. The first-order chi connectivity index (χ1) is 12.6. The molecule has 0 saturated carbocycles. The average molecular weight is 368 g/mol. The minimum atomic E-state index is -0.0787. The van der Waals surface area contributed by atoms with Crippen LogP contribution in [0.2, 0.25) is 0 Å². The molecule has 0 unspecified atom stereocenters. The van der Waals surface area contributed by atoms with E-state index in [4.69, 9.17) is 0 Å². The van der Waals surface area contributed by atoms with Crippen LogP contribution in [0, 0.1) is 13.8 Å². The number of amides is 1. The van der Waals surface area contributed by atoms with E-state index in [2.05, 4.69) is 25.5 Å². The molecule has 7 nitrogen and oxygen atoms in total. The van der Waals surface area contributed by atoms with Gasteiger partial charge in [-0.25, -0.2) is 4.98 Å². The fourth-order valence-electron chi connectivity index (χ4n) is 2.43. The summed E-state index contributed by atoms with van der Waals surface area (Å²) in [6, 6.07) is 5.88. The number of carbonyl (C=O) groups is 1. The van der Waals surface area contributed by atoms with Gasteiger partial charge in [0.25, 0.3) is 0 Å². The molecule has 1 aromatic carbocycles. The molecule has 0 aliphatic heterocycles. The summed E-state index contributed by atoms with van der Waals surface area (Å²) < 4.78 is 1.93. The molecule has 134 valence electrons. The topological polar surface area (TPSA) is 85.6 Å². The highest BCUT2D eigenvalue weighted by Crippen LogP contribution is 2.22. The van der Waals surface area contributed by atoms with Crippen molar-refractivity contribution in [3.8, 4) is 11.5 Å². The van der Waals surface area contributed by atoms with Crippen LogP contribution in [-0.2, 0) is 11.3 Å². The van der Waals surface area contributed by atoms with Crippen LogP contribution >= 0.6 is 11.8 Å². The number of anilines is 1. The van der Waals surface area contributed by atoms with E-state index >= 15 is 0 Å². The predicted molar refractivity (Wildman–Crippen MR) is 102 cm³/mol. The smallest absolute Gasteiger partial charge is 0.234 e. The number of aryl methyl sites for hydroxylation is 2. The number of carbonyl (C=O) groups excluding carboxylic acids is 1. The van der Waals surface area contributed by atoms with Crippen LogP contribution in [0.4, 0.5) is 5.69 Å². The Morgan fingerprint density at radius 1 is 1.19 bits per heavy atom. The highest BCUT2D eigenvalue weighted by molar-refractivity contribution is 7.99. The molecule has 0 bridgehead atoms. The first-order valence-electron chi connectivity index (χ1n) is 8.28. The highest BCUT2D eigenvalue weighted by Gasteiger charge is 2.15. The first-order valence-corrected chi connectivity index (χ1v) is 9.26. The molecule has 3 rings (SSSR count). The molecule has 1 amide bonds. The van der Waals surface area contributed by atoms with E-state index in [0.717, 1.165) is 11.3 Å². The van der Waals surface area contributed by atoms with Gasteiger partial charge in [-0.15, -0.1) is 10.2 Å². The van der Waals surface area contributed by atoms with E-state index < -0.39 is 0 Å². The number of nitrogens with zero attached hydrogens (tertiary/aromatic N) is 5. The number of thioether (sulfide) groups is 1. The zero-order chi connectivity index (χ0) is 18.5. The molecule has 26 heavy (non-hydrogen) atoms. The Morgan fingerprint density at radius 3 is 2.73 bits per heavy atom. The molecule has 0 atom stereocenters. The summed E-state index contributed by atoms with van der Waals surface area (Å²) in [6.07, 6.45) is 4.88. The van der Waals surface area contributed by atoms with Gasteiger partial charge >= 0.3 is 0 Å². The van der Waals surface area contributed by atoms with Crippen molar-refractivity contribution in [1.29, 1.82) is 0 Å². The Hall–Kier alpha value is -2.74. The fraction of sp³-hybridized carbons (Fsp3) is 0.278. The van der Waals surface area contributed by atoms with Gasteiger partial charge in [0.1, 0.15) is 5.69 Å². The lowest BCUT2D eigenvalue weighted by atomic mass is 10.1. The second kappa shape index (κ2) is 8.09. The average Bonchev–Trinajstić information content (AvgIpc) is 3.07. The maximum atomic E-state index is 12.2. The number of hydrogen-bond acceptors (Lipinski definition) is 6. The Balaban J connectivity index is 1.67. The standard InChI is InChI=1S/C18H20N6OS/c1-4-24-17(15-10-19-7-8-20-15)22-23-18(24)26-11-16(25)21-14-6-5-12(2)13(3)9-14/h5-10H,4,11H2,1-3H3,(H,21,25). The van der Waals surface area contributed by atoms with E-state index in [1.807, 2.05) is 43.5 Å². The van der Waals surface area contributed by atoms with E-state index in [9.17, 15) is 4.79 Å². The lowest BCUT2D eigenvalue weighted by molar-refractivity contribution is -0.113. The summed E-state index contributed by atoms with van der Waals surface area (Å²) in [6.45, 7) is 6.75. The summed E-state index contributed by atoms with van der Waals surface area (Å²) in [7, 11) is 0. The lowest BCUT2D eigenvalue weighted by Gasteiger charge is -2.08. The van der Waals surface area contributed by atoms with Gasteiger partial charge in [-0.05, 0) is 44.0 Å². The van der Waals surface area contributed by atoms with Gasteiger partial charge in [-0.3, -0.25) is 9.78 Å². The summed E-state index contributed by atoms with van der Waals surface area (Å²) >= 11 is 1.35. The molecule has 8 heteroatoms. The van der Waals surface area contributed by atoms with E-state index in [-0.39, 0.29) is 11.7 Å². The minimum absolute atomic E-state index is 0.0787. The summed E-state index contributed by atoms with van der Waals surface area (Å²) in [5.41, 5.74) is 3.81. The largest absolute Gasteiger partial charge is 0.325 e. The molecule has 0 aliphatic rings.